The van der Waals surface area contributed by atoms with Gasteiger partial charge in [-0.05, 0) is 25.2 Å². The Bertz CT molecular complexity index is 299. The van der Waals surface area contributed by atoms with Gasteiger partial charge < -0.3 is 15.3 Å². The molecular formula is C17H32O5. The van der Waals surface area contributed by atoms with Crippen molar-refractivity contribution in [1.29, 1.82) is 0 Å². The lowest BCUT2D eigenvalue weighted by atomic mass is 9.94. The highest BCUT2D eigenvalue weighted by atomic mass is 16.6. The van der Waals surface area contributed by atoms with Gasteiger partial charge in [0.1, 0.15) is 5.78 Å². The van der Waals surface area contributed by atoms with Crippen LogP contribution in [-0.4, -0.2) is 33.4 Å². The zero-order valence-electron chi connectivity index (χ0n) is 13.8. The second-order valence-corrected chi connectivity index (χ2v) is 6.39. The van der Waals surface area contributed by atoms with Gasteiger partial charge in [0.25, 0.3) is 0 Å². The summed E-state index contributed by atoms with van der Waals surface area (Å²) in [5.74, 6) is 0.738. The van der Waals surface area contributed by atoms with Gasteiger partial charge in [0.05, 0.1) is 6.10 Å². The van der Waals surface area contributed by atoms with E-state index < -0.39 is 6.16 Å². The Morgan fingerprint density at radius 2 is 1.41 bits per heavy atom. The molecule has 0 radical (unpaired) electrons. The van der Waals surface area contributed by atoms with Crippen molar-refractivity contribution in [2.45, 2.75) is 90.1 Å². The Morgan fingerprint density at radius 1 is 0.955 bits per heavy atom. The minimum Gasteiger partial charge on any atom is -0.450 e. The van der Waals surface area contributed by atoms with Gasteiger partial charge in [-0.1, -0.05) is 51.9 Å². The van der Waals surface area contributed by atoms with E-state index in [1.54, 1.807) is 0 Å². The van der Waals surface area contributed by atoms with Crippen LogP contribution < -0.4 is 0 Å². The largest absolute Gasteiger partial charge is 0.503 e. The molecular weight excluding hydrogens is 284 g/mol. The Hall–Kier alpha value is -1.10. The van der Waals surface area contributed by atoms with Gasteiger partial charge in [-0.3, -0.25) is 4.79 Å². The van der Waals surface area contributed by atoms with Gasteiger partial charge >= 0.3 is 6.16 Å². The molecule has 130 valence electrons. The number of rotatable bonds is 0. The monoisotopic (exact) mass is 316 g/mol. The fraction of sp³-hybridized carbons (Fsp3) is 0.882. The molecule has 22 heavy (non-hydrogen) atoms. The lowest BCUT2D eigenvalue weighted by Crippen LogP contribution is -2.14. The minimum absolute atomic E-state index is 0.196. The van der Waals surface area contributed by atoms with Gasteiger partial charge in [0.2, 0.25) is 0 Å². The van der Waals surface area contributed by atoms with Crippen molar-refractivity contribution in [3.63, 3.8) is 0 Å². The summed E-state index contributed by atoms with van der Waals surface area (Å²) in [5.41, 5.74) is 0. The summed E-state index contributed by atoms with van der Waals surface area (Å²) in [6.45, 7) is 2.10. The number of ketones is 1. The number of carbonyl (C=O) groups is 2. The maximum absolute atomic E-state index is 11.8. The van der Waals surface area contributed by atoms with Crippen molar-refractivity contribution >= 4 is 11.9 Å². The van der Waals surface area contributed by atoms with E-state index in [1.807, 2.05) is 0 Å². The van der Waals surface area contributed by atoms with E-state index in [0.29, 0.717) is 18.1 Å². The van der Waals surface area contributed by atoms with Crippen LogP contribution in [0.2, 0.25) is 0 Å². The molecule has 0 amide bonds. The maximum Gasteiger partial charge on any atom is 0.503 e. The molecule has 1 aliphatic carbocycles. The summed E-state index contributed by atoms with van der Waals surface area (Å²) in [6.07, 6.45) is 11.0. The van der Waals surface area contributed by atoms with Crippen LogP contribution in [0.4, 0.5) is 4.79 Å². The fourth-order valence-electron chi connectivity index (χ4n) is 2.92. The average molecular weight is 316 g/mol. The van der Waals surface area contributed by atoms with E-state index in [0.717, 1.165) is 32.1 Å². The first-order valence-corrected chi connectivity index (χ1v) is 8.53. The van der Waals surface area contributed by atoms with Gasteiger partial charge in [-0.15, -0.1) is 0 Å². The molecule has 3 N–H and O–H groups in total. The van der Waals surface area contributed by atoms with Gasteiger partial charge in [0, 0.05) is 12.8 Å². The highest BCUT2D eigenvalue weighted by Gasteiger charge is 2.14. The lowest BCUT2D eigenvalue weighted by molar-refractivity contribution is -0.120. The van der Waals surface area contributed by atoms with Gasteiger partial charge in [0.15, 0.2) is 0 Å². The Labute approximate surface area is 133 Å². The molecule has 1 unspecified atom stereocenters. The standard InChI is InChI=1S/C16H30O2.CH2O3/c1-14-12-15(17)10-8-6-4-2-3-5-7-9-11-16(18)13-14;2-1(3)4/h14-15,17H,2-13H2,1H3;(H2,2,3,4)/t14-,15?;/m1./s1. The lowest BCUT2D eigenvalue weighted by Gasteiger charge is -2.15. The molecule has 0 saturated heterocycles. The number of hydrogen-bond acceptors (Lipinski definition) is 3. The predicted octanol–water partition coefficient (Wildman–Crippen LogP) is 4.47. The molecule has 5 nitrogen and oxygen atoms in total. The van der Waals surface area contributed by atoms with E-state index in [4.69, 9.17) is 15.0 Å². The van der Waals surface area contributed by atoms with Crippen LogP contribution >= 0.6 is 0 Å². The van der Waals surface area contributed by atoms with Crippen LogP contribution in [0.15, 0.2) is 0 Å². The minimum atomic E-state index is -1.83. The highest BCUT2D eigenvalue weighted by molar-refractivity contribution is 5.78. The van der Waals surface area contributed by atoms with Crippen molar-refractivity contribution in [3.8, 4) is 0 Å². The van der Waals surface area contributed by atoms with Crippen LogP contribution in [0.1, 0.15) is 84.0 Å². The first-order chi connectivity index (χ1) is 10.4. The second kappa shape index (κ2) is 13.6. The highest BCUT2D eigenvalue weighted by Crippen LogP contribution is 2.19. The SMILES string of the molecule is C[C@H]1CC(=O)CCCCCCCCCCC(O)C1.O=C(O)O. The number of carbonyl (C=O) groups excluding carboxylic acids is 1. The van der Waals surface area contributed by atoms with Crippen molar-refractivity contribution in [3.05, 3.63) is 0 Å². The number of Topliss-reactive ketones (excluding diaryl/α,β-unsaturated/α-hetero) is 1. The molecule has 1 rings (SSSR count). The summed E-state index contributed by atoms with van der Waals surface area (Å²) >= 11 is 0. The summed E-state index contributed by atoms with van der Waals surface area (Å²) in [4.78, 5) is 20.3. The molecule has 0 aromatic rings. The molecule has 1 aliphatic rings. The number of hydrogen-bond donors (Lipinski definition) is 3. The zero-order chi connectivity index (χ0) is 16.8. The molecule has 2 atom stereocenters. The number of aliphatic hydroxyl groups is 1. The van der Waals surface area contributed by atoms with Crippen LogP contribution in [0.3, 0.4) is 0 Å². The van der Waals surface area contributed by atoms with Crippen molar-refractivity contribution in [1.82, 2.24) is 0 Å². The molecule has 1 saturated carbocycles. The van der Waals surface area contributed by atoms with E-state index in [9.17, 15) is 9.90 Å². The third-order valence-electron chi connectivity index (χ3n) is 3.99. The van der Waals surface area contributed by atoms with Crippen LogP contribution in [0.25, 0.3) is 0 Å². The molecule has 0 aromatic heterocycles. The van der Waals surface area contributed by atoms with E-state index in [1.165, 1.54) is 38.5 Å². The average Bonchev–Trinajstić information content (AvgIpc) is 2.39. The fourth-order valence-corrected chi connectivity index (χ4v) is 2.92. The molecule has 1 fully saturated rings. The summed E-state index contributed by atoms with van der Waals surface area (Å²) in [5, 5.41) is 23.9. The van der Waals surface area contributed by atoms with Gasteiger partial charge in [-0.2, -0.15) is 0 Å². The quantitative estimate of drug-likeness (QED) is 0.613. The number of aliphatic hydroxyl groups excluding tert-OH is 1. The van der Waals surface area contributed by atoms with Crippen molar-refractivity contribution in [2.24, 2.45) is 5.92 Å². The third-order valence-corrected chi connectivity index (χ3v) is 3.99. The summed E-state index contributed by atoms with van der Waals surface area (Å²) < 4.78 is 0. The Morgan fingerprint density at radius 3 is 1.95 bits per heavy atom. The second-order valence-electron chi connectivity index (χ2n) is 6.39. The first kappa shape index (κ1) is 20.9. The summed E-state index contributed by atoms with van der Waals surface area (Å²) in [7, 11) is 0. The number of carboxylic acid groups (broad SMARTS) is 2. The Kier molecular flexibility index (Phi) is 12.9. The van der Waals surface area contributed by atoms with E-state index in [-0.39, 0.29) is 6.10 Å². The molecule has 0 bridgehead atoms. The first-order valence-electron chi connectivity index (χ1n) is 8.53. The van der Waals surface area contributed by atoms with Crippen molar-refractivity contribution in [2.75, 3.05) is 0 Å². The maximum atomic E-state index is 11.8. The third kappa shape index (κ3) is 15.3. The van der Waals surface area contributed by atoms with E-state index in [2.05, 4.69) is 6.92 Å². The Balaban J connectivity index is 0.000000980. The van der Waals surface area contributed by atoms with Crippen LogP contribution in [0, 0.1) is 5.92 Å². The smallest absolute Gasteiger partial charge is 0.450 e. The molecule has 5 heteroatoms. The van der Waals surface area contributed by atoms with Crippen molar-refractivity contribution < 1.29 is 24.9 Å². The zero-order valence-corrected chi connectivity index (χ0v) is 13.8. The molecule has 0 aliphatic heterocycles. The molecule has 0 heterocycles. The van der Waals surface area contributed by atoms with Gasteiger partial charge in [-0.25, -0.2) is 4.79 Å². The summed E-state index contributed by atoms with van der Waals surface area (Å²) in [6, 6.07) is 0. The van der Waals surface area contributed by atoms with Crippen LogP contribution in [0.5, 0.6) is 0 Å². The molecule has 0 aromatic carbocycles. The van der Waals surface area contributed by atoms with E-state index >= 15 is 0 Å². The topological polar surface area (TPSA) is 94.8 Å². The normalized spacial score (nSPS) is 26.0. The van der Waals surface area contributed by atoms with Crippen LogP contribution in [-0.2, 0) is 4.79 Å². The predicted molar refractivity (Wildman–Crippen MR) is 86.2 cm³/mol. The molecule has 0 spiro atoms.